The average molecular weight is 183 g/mol. The molecule has 0 aromatic carbocycles. The molecule has 0 aromatic heterocycles. The van der Waals surface area contributed by atoms with Crippen molar-refractivity contribution >= 4 is 0 Å². The van der Waals surface area contributed by atoms with Crippen LogP contribution in [0.2, 0.25) is 0 Å². The smallest absolute Gasteiger partial charge is 0.0612 e. The zero-order valence-electron chi connectivity index (χ0n) is 8.58. The second-order valence-corrected chi connectivity index (χ2v) is 3.77. The van der Waals surface area contributed by atoms with Gasteiger partial charge in [0.15, 0.2) is 0 Å². The fourth-order valence-corrected chi connectivity index (χ4v) is 1.90. The van der Waals surface area contributed by atoms with Gasteiger partial charge >= 0.3 is 0 Å². The summed E-state index contributed by atoms with van der Waals surface area (Å²) < 4.78 is 0. The predicted octanol–water partition coefficient (Wildman–Crippen LogP) is 1.66. The van der Waals surface area contributed by atoms with E-state index in [1.165, 1.54) is 32.5 Å². The number of likely N-dealkylation sites (tertiary alicyclic amines) is 1. The van der Waals surface area contributed by atoms with Gasteiger partial charge in [-0.15, -0.1) is 0 Å². The molecule has 2 heteroatoms. The summed E-state index contributed by atoms with van der Waals surface area (Å²) >= 11 is 0. The Bertz CT molecular complexity index is 148. The summed E-state index contributed by atoms with van der Waals surface area (Å²) in [6, 6.07) is 0. The highest BCUT2D eigenvalue weighted by atomic mass is 16.2. The molecule has 13 heavy (non-hydrogen) atoms. The fourth-order valence-electron chi connectivity index (χ4n) is 1.90. The monoisotopic (exact) mass is 183 g/mol. The van der Waals surface area contributed by atoms with Gasteiger partial charge in [0.2, 0.25) is 0 Å². The van der Waals surface area contributed by atoms with Crippen LogP contribution in [0.4, 0.5) is 0 Å². The Labute approximate surface area is 81.2 Å². The Kier molecular flexibility index (Phi) is 5.09. The van der Waals surface area contributed by atoms with E-state index < -0.39 is 0 Å². The average Bonchev–Trinajstić information content (AvgIpc) is 2.19. The van der Waals surface area contributed by atoms with Crippen LogP contribution in [0.1, 0.15) is 26.2 Å². The maximum atomic E-state index is 8.58. The van der Waals surface area contributed by atoms with E-state index in [0.717, 1.165) is 12.3 Å². The summed E-state index contributed by atoms with van der Waals surface area (Å²) in [5.74, 6) is 0.852. The maximum Gasteiger partial charge on any atom is 0.0612 e. The zero-order valence-corrected chi connectivity index (χ0v) is 8.58. The SMILES string of the molecule is CCN1CCC(C/C=C\CO)CC1. The first-order valence-electron chi connectivity index (χ1n) is 5.35. The van der Waals surface area contributed by atoms with Crippen molar-refractivity contribution in [3.63, 3.8) is 0 Å². The molecular formula is C11H21NO. The first kappa shape index (κ1) is 10.7. The van der Waals surface area contributed by atoms with Gasteiger partial charge in [-0.05, 0) is 44.8 Å². The van der Waals surface area contributed by atoms with E-state index in [1.807, 2.05) is 6.08 Å². The van der Waals surface area contributed by atoms with Gasteiger partial charge in [0.1, 0.15) is 0 Å². The summed E-state index contributed by atoms with van der Waals surface area (Å²) in [6.45, 7) is 6.13. The summed E-state index contributed by atoms with van der Waals surface area (Å²) in [4.78, 5) is 2.51. The Morgan fingerprint density at radius 2 is 2.00 bits per heavy atom. The normalized spacial score (nSPS) is 21.4. The highest BCUT2D eigenvalue weighted by molar-refractivity contribution is 4.85. The molecule has 0 aliphatic carbocycles. The molecular weight excluding hydrogens is 162 g/mol. The number of aliphatic hydroxyl groups is 1. The number of piperidine rings is 1. The first-order valence-corrected chi connectivity index (χ1v) is 5.35. The Balaban J connectivity index is 2.14. The number of rotatable bonds is 4. The van der Waals surface area contributed by atoms with Gasteiger partial charge < -0.3 is 10.0 Å². The molecule has 76 valence electrons. The van der Waals surface area contributed by atoms with Gasteiger partial charge in [-0.2, -0.15) is 0 Å². The molecule has 0 atom stereocenters. The lowest BCUT2D eigenvalue weighted by Crippen LogP contribution is -2.33. The van der Waals surface area contributed by atoms with Crippen LogP contribution in [0, 0.1) is 5.92 Å². The molecule has 1 saturated heterocycles. The van der Waals surface area contributed by atoms with Crippen molar-refractivity contribution in [3.05, 3.63) is 12.2 Å². The number of hydrogen-bond donors (Lipinski definition) is 1. The van der Waals surface area contributed by atoms with Gasteiger partial charge in [-0.1, -0.05) is 19.1 Å². The predicted molar refractivity (Wildman–Crippen MR) is 55.7 cm³/mol. The Morgan fingerprint density at radius 1 is 1.31 bits per heavy atom. The lowest BCUT2D eigenvalue weighted by atomic mass is 9.93. The third-order valence-electron chi connectivity index (χ3n) is 2.90. The molecule has 1 aliphatic rings. The van der Waals surface area contributed by atoms with Crippen molar-refractivity contribution in [2.75, 3.05) is 26.2 Å². The molecule has 0 aromatic rings. The molecule has 0 radical (unpaired) electrons. The van der Waals surface area contributed by atoms with Crippen LogP contribution in [0.25, 0.3) is 0 Å². The highest BCUT2D eigenvalue weighted by Gasteiger charge is 2.16. The van der Waals surface area contributed by atoms with E-state index in [4.69, 9.17) is 5.11 Å². The number of nitrogens with zero attached hydrogens (tertiary/aromatic N) is 1. The minimum atomic E-state index is 0.188. The quantitative estimate of drug-likeness (QED) is 0.670. The number of hydrogen-bond acceptors (Lipinski definition) is 2. The van der Waals surface area contributed by atoms with E-state index in [2.05, 4.69) is 17.9 Å². The van der Waals surface area contributed by atoms with Crippen molar-refractivity contribution < 1.29 is 5.11 Å². The zero-order chi connectivity index (χ0) is 9.52. The van der Waals surface area contributed by atoms with Gasteiger partial charge in [-0.3, -0.25) is 0 Å². The van der Waals surface area contributed by atoms with Crippen LogP contribution in [0.5, 0.6) is 0 Å². The molecule has 0 amide bonds. The van der Waals surface area contributed by atoms with E-state index in [0.29, 0.717) is 0 Å². The number of aliphatic hydroxyl groups excluding tert-OH is 1. The highest BCUT2D eigenvalue weighted by Crippen LogP contribution is 2.20. The lowest BCUT2D eigenvalue weighted by Gasteiger charge is -2.30. The van der Waals surface area contributed by atoms with Crippen LogP contribution in [-0.2, 0) is 0 Å². The first-order chi connectivity index (χ1) is 6.36. The van der Waals surface area contributed by atoms with Gasteiger partial charge in [0.25, 0.3) is 0 Å². The third kappa shape index (κ3) is 3.92. The standard InChI is InChI=1S/C11H21NO/c1-2-12-8-6-11(7-9-12)5-3-4-10-13/h3-4,11,13H,2,5-10H2,1H3/b4-3-. The van der Waals surface area contributed by atoms with Gasteiger partial charge in [0.05, 0.1) is 6.61 Å². The van der Waals surface area contributed by atoms with Crippen molar-refractivity contribution in [1.29, 1.82) is 0 Å². The van der Waals surface area contributed by atoms with Crippen molar-refractivity contribution in [3.8, 4) is 0 Å². The van der Waals surface area contributed by atoms with E-state index in [9.17, 15) is 0 Å². The summed E-state index contributed by atoms with van der Waals surface area (Å²) in [5, 5.41) is 8.58. The second kappa shape index (κ2) is 6.17. The van der Waals surface area contributed by atoms with Crippen LogP contribution < -0.4 is 0 Å². The third-order valence-corrected chi connectivity index (χ3v) is 2.90. The molecule has 0 bridgehead atoms. The minimum Gasteiger partial charge on any atom is -0.392 e. The lowest BCUT2D eigenvalue weighted by molar-refractivity contribution is 0.193. The van der Waals surface area contributed by atoms with Crippen LogP contribution in [-0.4, -0.2) is 36.2 Å². The van der Waals surface area contributed by atoms with Crippen LogP contribution >= 0.6 is 0 Å². The minimum absolute atomic E-state index is 0.188. The molecule has 1 N–H and O–H groups in total. The van der Waals surface area contributed by atoms with E-state index >= 15 is 0 Å². The summed E-state index contributed by atoms with van der Waals surface area (Å²) in [7, 11) is 0. The molecule has 0 spiro atoms. The van der Waals surface area contributed by atoms with Crippen molar-refractivity contribution in [2.24, 2.45) is 5.92 Å². The Hall–Kier alpha value is -0.340. The van der Waals surface area contributed by atoms with Gasteiger partial charge in [-0.25, -0.2) is 0 Å². The van der Waals surface area contributed by atoms with Gasteiger partial charge in [0, 0.05) is 0 Å². The molecule has 1 rings (SSSR count). The van der Waals surface area contributed by atoms with Crippen LogP contribution in [0.3, 0.4) is 0 Å². The molecule has 0 unspecified atom stereocenters. The topological polar surface area (TPSA) is 23.5 Å². The van der Waals surface area contributed by atoms with Crippen LogP contribution in [0.15, 0.2) is 12.2 Å². The molecule has 0 saturated carbocycles. The molecule has 1 heterocycles. The second-order valence-electron chi connectivity index (χ2n) is 3.77. The van der Waals surface area contributed by atoms with Crippen molar-refractivity contribution in [2.45, 2.75) is 26.2 Å². The molecule has 2 nitrogen and oxygen atoms in total. The maximum absolute atomic E-state index is 8.58. The summed E-state index contributed by atoms with van der Waals surface area (Å²) in [5.41, 5.74) is 0. The fraction of sp³-hybridized carbons (Fsp3) is 0.818. The largest absolute Gasteiger partial charge is 0.392 e. The summed E-state index contributed by atoms with van der Waals surface area (Å²) in [6.07, 6.45) is 7.77. The number of allylic oxidation sites excluding steroid dienone is 1. The molecule has 1 aliphatic heterocycles. The Morgan fingerprint density at radius 3 is 2.54 bits per heavy atom. The van der Waals surface area contributed by atoms with E-state index in [-0.39, 0.29) is 6.61 Å². The molecule has 1 fully saturated rings. The van der Waals surface area contributed by atoms with E-state index in [1.54, 1.807) is 0 Å². The van der Waals surface area contributed by atoms with Crippen molar-refractivity contribution in [1.82, 2.24) is 4.90 Å².